The Hall–Kier alpha value is -16.8. The monoisotopic (exact) mass is 1640 g/mol. The molecule has 0 N–H and O–H groups in total. The molecule has 0 aliphatic heterocycles. The second-order valence-corrected chi connectivity index (χ2v) is 34.6. The number of fused-ring (bicyclic) bond motifs is 6. The first-order valence-electron chi connectivity index (χ1n) is 44.5. The van der Waals surface area contributed by atoms with Crippen molar-refractivity contribution in [3.8, 4) is 135 Å². The first-order chi connectivity index (χ1) is 63.8. The molecule has 1 aliphatic carbocycles. The Balaban J connectivity index is 0.795. The van der Waals surface area contributed by atoms with E-state index in [4.69, 9.17) is 29.9 Å². The Kier molecular flexibility index (Phi) is 17.0. The van der Waals surface area contributed by atoms with Crippen molar-refractivity contribution in [3.05, 3.63) is 436 Å². The van der Waals surface area contributed by atoms with Crippen molar-refractivity contribution < 1.29 is 0 Å². The summed E-state index contributed by atoms with van der Waals surface area (Å²) in [6, 6.07) is 152. The highest BCUT2D eigenvalue weighted by molar-refractivity contribution is 6.44. The lowest BCUT2D eigenvalue weighted by Crippen LogP contribution is -2.08. The first kappa shape index (κ1) is 73.7. The molecule has 0 radical (unpaired) electrons. The molecule has 129 heavy (non-hydrogen) atoms. The maximum absolute atomic E-state index is 5.37. The van der Waals surface area contributed by atoms with Gasteiger partial charge < -0.3 is 0 Å². The van der Waals surface area contributed by atoms with Gasteiger partial charge in [-0.2, -0.15) is 0 Å². The van der Waals surface area contributed by atoms with Gasteiger partial charge in [-0.25, -0.2) is 29.9 Å². The van der Waals surface area contributed by atoms with Gasteiger partial charge in [0.05, 0.1) is 0 Å². The Morgan fingerprint density at radius 3 is 0.822 bits per heavy atom. The molecule has 6 heteroatoms. The summed E-state index contributed by atoms with van der Waals surface area (Å²) in [5.74, 6) is 3.62. The summed E-state index contributed by atoms with van der Waals surface area (Å²) < 4.78 is 0. The highest BCUT2D eigenvalue weighted by atomic mass is 15.0. The zero-order chi connectivity index (χ0) is 84.9. The van der Waals surface area contributed by atoms with Gasteiger partial charge in [0.2, 0.25) is 0 Å². The van der Waals surface area contributed by atoms with Crippen LogP contribution in [0.4, 0.5) is 0 Å². The van der Waals surface area contributed by atoms with E-state index in [2.05, 4.69) is 359 Å². The molecule has 6 nitrogen and oxygen atoms in total. The van der Waals surface area contributed by atoms with E-state index in [-0.39, 0.29) is 5.92 Å². The van der Waals surface area contributed by atoms with E-state index in [9.17, 15) is 0 Å². The van der Waals surface area contributed by atoms with E-state index in [1.165, 1.54) is 163 Å². The molecular weight excluding hydrogens is 1560 g/mol. The van der Waals surface area contributed by atoms with E-state index in [0.717, 1.165) is 84.3 Å². The van der Waals surface area contributed by atoms with E-state index in [0.29, 0.717) is 34.9 Å². The van der Waals surface area contributed by atoms with Crippen molar-refractivity contribution >= 4 is 130 Å². The Morgan fingerprint density at radius 2 is 0.457 bits per heavy atom. The summed E-state index contributed by atoms with van der Waals surface area (Å²) in [6.45, 7) is 2.45. The quantitative estimate of drug-likeness (QED) is 0.0797. The Bertz CT molecular complexity index is 8640. The lowest BCUT2D eigenvalue weighted by atomic mass is 9.72. The molecule has 598 valence electrons. The molecule has 0 amide bonds. The van der Waals surface area contributed by atoms with Gasteiger partial charge >= 0.3 is 0 Å². The van der Waals surface area contributed by atoms with Gasteiger partial charge in [0, 0.05) is 33.4 Å². The number of nitrogens with zero attached hydrogens (tertiary/aromatic N) is 6. The SMILES string of the molecule is CC1CC(c2c(-c3ccc(-c4nc(-c5ccccc5)nc(-c5ccccc5)n4)cc3)c(-c3ccc(-c4nc(-c5ccccc5)nc(-c5ccccc5)n4)cc3)c(-c3ccc(-c4cc5ccc6cccc7ccc(c4)c5c67)cc3)c3c4cccc5c6cc(-c7ccccc7)c(-c7ccccc7)cc6c6cccc(c23)c6c54)=CC=C1c1cc2ccc3cccc4ccc(c1)c2c34. The van der Waals surface area contributed by atoms with Gasteiger partial charge in [0.25, 0.3) is 0 Å². The second kappa shape index (κ2) is 29.7. The number of rotatable bonds is 14. The minimum atomic E-state index is 0.0672. The summed E-state index contributed by atoms with van der Waals surface area (Å²) in [5.41, 5.74) is 23.8. The summed E-state index contributed by atoms with van der Waals surface area (Å²) in [6.07, 6.45) is 5.69. The molecule has 0 bridgehead atoms. The van der Waals surface area contributed by atoms with Crippen LogP contribution in [0, 0.1) is 5.92 Å². The Morgan fingerprint density at radius 1 is 0.178 bits per heavy atom. The molecule has 25 aromatic rings. The van der Waals surface area contributed by atoms with Crippen LogP contribution >= 0.6 is 0 Å². The number of hydrogen-bond acceptors (Lipinski definition) is 6. The average Bonchev–Trinajstić information content (AvgIpc) is 0.677. The third-order valence-corrected chi connectivity index (χ3v) is 27.2. The molecule has 26 rings (SSSR count). The van der Waals surface area contributed by atoms with Crippen LogP contribution in [0.5, 0.6) is 0 Å². The maximum Gasteiger partial charge on any atom is 0.164 e. The molecule has 2 aromatic heterocycles. The zero-order valence-corrected chi connectivity index (χ0v) is 70.4. The van der Waals surface area contributed by atoms with Gasteiger partial charge in [0.15, 0.2) is 34.9 Å². The fourth-order valence-electron chi connectivity index (χ4n) is 21.3. The van der Waals surface area contributed by atoms with Crippen LogP contribution in [0.15, 0.2) is 425 Å². The summed E-state index contributed by atoms with van der Waals surface area (Å²) >= 11 is 0. The van der Waals surface area contributed by atoms with Crippen LogP contribution in [0.1, 0.15) is 24.5 Å². The predicted molar refractivity (Wildman–Crippen MR) is 541 cm³/mol. The normalized spacial score (nSPS) is 13.1. The van der Waals surface area contributed by atoms with Crippen LogP contribution in [0.25, 0.3) is 265 Å². The fourth-order valence-corrected chi connectivity index (χ4v) is 21.3. The van der Waals surface area contributed by atoms with Gasteiger partial charge in [-0.1, -0.05) is 395 Å². The lowest BCUT2D eigenvalue weighted by molar-refractivity contribution is 0.772. The molecule has 1 atom stereocenters. The lowest BCUT2D eigenvalue weighted by Gasteiger charge is -2.30. The zero-order valence-electron chi connectivity index (χ0n) is 70.4. The smallest absolute Gasteiger partial charge is 0.164 e. The van der Waals surface area contributed by atoms with Crippen LogP contribution in [0.2, 0.25) is 0 Å². The van der Waals surface area contributed by atoms with Crippen molar-refractivity contribution in [2.24, 2.45) is 5.92 Å². The molecule has 0 spiro atoms. The van der Waals surface area contributed by atoms with Crippen molar-refractivity contribution in [3.63, 3.8) is 0 Å². The largest absolute Gasteiger partial charge is 0.208 e. The molecule has 0 saturated heterocycles. The third-order valence-electron chi connectivity index (χ3n) is 27.2. The molecule has 23 aromatic carbocycles. The standard InChI is InChI=1S/C123H76N6/c1-73-66-90(64-65-97(73)96-69-93-62-54-79-38-21-39-80-55-63-94(70-96)109(93)107(79)80)113-111(82-50-58-89(59-51-82)123-128-120(86-32-16-6-17-33-86)125-121(129-123)87-34-18-7-19-35-87)110(81-48-56-88(57-49-81)122-126-118(84-28-12-4-13-29-84)124-119(127-122)85-30-14-5-15-31-85)112(83-46-44-74(45-47-83)95-67-91-60-52-77-36-20-37-78-53-61-92(68-95)108(91)106(77)78)116-100-42-22-40-98-104-71-102(75-24-8-2-9-25-75)103(76-26-10-3-11-27-76)72-105(104)99-41-23-43-101(117(113)116)115(99)114(98)100/h2-65,67-73H,66H2,1H3. The molecule has 2 heterocycles. The highest BCUT2D eigenvalue weighted by Crippen LogP contribution is 2.58. The summed E-state index contributed by atoms with van der Waals surface area (Å²) in [4.78, 5) is 31.8. The summed E-state index contributed by atoms with van der Waals surface area (Å²) in [5, 5.41) is 27.2. The van der Waals surface area contributed by atoms with E-state index < -0.39 is 0 Å². The van der Waals surface area contributed by atoms with Crippen LogP contribution in [0.3, 0.4) is 0 Å². The number of benzene rings is 23. The van der Waals surface area contributed by atoms with Gasteiger partial charge in [-0.15, -0.1) is 0 Å². The van der Waals surface area contributed by atoms with Crippen LogP contribution in [-0.4, -0.2) is 29.9 Å². The van der Waals surface area contributed by atoms with Crippen LogP contribution < -0.4 is 0 Å². The van der Waals surface area contributed by atoms with Crippen molar-refractivity contribution in [2.75, 3.05) is 0 Å². The van der Waals surface area contributed by atoms with Crippen LogP contribution in [-0.2, 0) is 0 Å². The molecule has 1 unspecified atom stereocenters. The number of aromatic nitrogens is 6. The van der Waals surface area contributed by atoms with Crippen molar-refractivity contribution in [1.82, 2.24) is 29.9 Å². The van der Waals surface area contributed by atoms with E-state index in [1.807, 2.05) is 72.8 Å². The minimum absolute atomic E-state index is 0.0672. The highest BCUT2D eigenvalue weighted by Gasteiger charge is 2.33. The molecule has 1 aliphatic rings. The number of hydrogen-bond donors (Lipinski definition) is 0. The fraction of sp³-hybridized carbons (Fsp3) is 0.0244. The topological polar surface area (TPSA) is 77.3 Å². The average molecular weight is 1640 g/mol. The number of allylic oxidation sites excluding steroid dienone is 4. The molecule has 0 saturated carbocycles. The van der Waals surface area contributed by atoms with Gasteiger partial charge in [0.1, 0.15) is 0 Å². The second-order valence-electron chi connectivity index (χ2n) is 34.6. The molecule has 0 fully saturated rings. The maximum atomic E-state index is 5.37. The first-order valence-corrected chi connectivity index (χ1v) is 44.5. The van der Waals surface area contributed by atoms with E-state index >= 15 is 0 Å². The minimum Gasteiger partial charge on any atom is -0.208 e. The van der Waals surface area contributed by atoms with Crippen molar-refractivity contribution in [2.45, 2.75) is 13.3 Å². The predicted octanol–water partition coefficient (Wildman–Crippen LogP) is 32.6. The van der Waals surface area contributed by atoms with Gasteiger partial charge in [-0.3, -0.25) is 0 Å². The third kappa shape index (κ3) is 12.2. The molecular formula is C123H76N6. The Labute approximate surface area is 744 Å². The van der Waals surface area contributed by atoms with E-state index in [1.54, 1.807) is 0 Å². The van der Waals surface area contributed by atoms with Crippen molar-refractivity contribution in [1.29, 1.82) is 0 Å². The van der Waals surface area contributed by atoms with Gasteiger partial charge in [-0.05, 0) is 256 Å². The summed E-state index contributed by atoms with van der Waals surface area (Å²) in [7, 11) is 0.